The minimum atomic E-state index is -0.680. The summed E-state index contributed by atoms with van der Waals surface area (Å²) in [6.07, 6.45) is 3.21. The Bertz CT molecular complexity index is 1230. The van der Waals surface area contributed by atoms with E-state index < -0.39 is 17.7 Å². The zero-order valence-corrected chi connectivity index (χ0v) is 26.1. The van der Waals surface area contributed by atoms with Gasteiger partial charge in [0.25, 0.3) is 0 Å². The molecule has 0 spiro atoms. The SMILES string of the molecule is COC(=O)C[C@H](CC(=O)[C@@H]1CCCN1C(=O)CCCN(C(=O)OC(C)(C)C)c1cc(C)ccn1)c1ccc(Br)cc1. The van der Waals surface area contributed by atoms with E-state index in [1.165, 1.54) is 12.0 Å². The van der Waals surface area contributed by atoms with E-state index >= 15 is 0 Å². The van der Waals surface area contributed by atoms with Crippen molar-refractivity contribution in [3.05, 3.63) is 58.2 Å². The van der Waals surface area contributed by atoms with Crippen LogP contribution < -0.4 is 4.90 Å². The van der Waals surface area contributed by atoms with Crippen molar-refractivity contribution in [2.24, 2.45) is 0 Å². The second kappa shape index (κ2) is 14.6. The van der Waals surface area contributed by atoms with Gasteiger partial charge >= 0.3 is 12.1 Å². The lowest BCUT2D eigenvalue weighted by molar-refractivity contribution is -0.141. The number of anilines is 1. The van der Waals surface area contributed by atoms with Crippen LogP contribution in [0.1, 0.15) is 76.3 Å². The number of hydrogen-bond acceptors (Lipinski definition) is 7. The van der Waals surface area contributed by atoms with E-state index in [0.717, 1.165) is 22.0 Å². The molecule has 0 aliphatic carbocycles. The van der Waals surface area contributed by atoms with Crippen LogP contribution in [0.4, 0.5) is 10.6 Å². The molecule has 2 heterocycles. The highest BCUT2D eigenvalue weighted by molar-refractivity contribution is 9.10. The number of esters is 1. The van der Waals surface area contributed by atoms with Crippen LogP contribution in [0, 0.1) is 6.92 Å². The van der Waals surface area contributed by atoms with Gasteiger partial charge < -0.3 is 14.4 Å². The number of halogens is 1. The largest absolute Gasteiger partial charge is 0.469 e. The van der Waals surface area contributed by atoms with Crippen LogP contribution in [0.25, 0.3) is 0 Å². The summed E-state index contributed by atoms with van der Waals surface area (Å²) in [7, 11) is 1.33. The lowest BCUT2D eigenvalue weighted by Gasteiger charge is -2.28. The highest BCUT2D eigenvalue weighted by Gasteiger charge is 2.35. The van der Waals surface area contributed by atoms with Gasteiger partial charge in [0, 0.05) is 42.5 Å². The third-order valence-corrected chi connectivity index (χ3v) is 7.47. The van der Waals surface area contributed by atoms with Crippen LogP contribution in [0.2, 0.25) is 0 Å². The first-order valence-electron chi connectivity index (χ1n) is 14.0. The fourth-order valence-electron chi connectivity index (χ4n) is 4.92. The molecule has 2 aromatic rings. The lowest BCUT2D eigenvalue weighted by Crippen LogP contribution is -2.42. The predicted molar refractivity (Wildman–Crippen MR) is 160 cm³/mol. The molecule has 0 unspecified atom stereocenters. The fourth-order valence-corrected chi connectivity index (χ4v) is 5.19. The van der Waals surface area contributed by atoms with Crippen LogP contribution in [0.15, 0.2) is 47.1 Å². The van der Waals surface area contributed by atoms with E-state index in [-0.39, 0.29) is 49.4 Å². The molecule has 1 aliphatic rings. The Labute approximate surface area is 250 Å². The number of ether oxygens (including phenoxy) is 2. The number of amides is 2. The molecule has 0 saturated carbocycles. The number of carbonyl (C=O) groups excluding carboxylic acids is 4. The Morgan fingerprint density at radius 3 is 2.46 bits per heavy atom. The number of pyridine rings is 1. The summed E-state index contributed by atoms with van der Waals surface area (Å²) in [4.78, 5) is 59.3. The molecule has 0 N–H and O–H groups in total. The molecule has 10 heteroatoms. The topological polar surface area (TPSA) is 106 Å². The maximum Gasteiger partial charge on any atom is 0.416 e. The molecule has 41 heavy (non-hydrogen) atoms. The molecule has 3 rings (SSSR count). The van der Waals surface area contributed by atoms with Crippen molar-refractivity contribution in [1.29, 1.82) is 0 Å². The smallest absolute Gasteiger partial charge is 0.416 e. The van der Waals surface area contributed by atoms with Crippen molar-refractivity contribution in [2.75, 3.05) is 25.1 Å². The molecule has 1 fully saturated rings. The first-order valence-corrected chi connectivity index (χ1v) is 14.7. The van der Waals surface area contributed by atoms with Gasteiger partial charge in [-0.25, -0.2) is 9.78 Å². The normalized spacial score (nSPS) is 15.8. The Morgan fingerprint density at radius 1 is 1.12 bits per heavy atom. The van der Waals surface area contributed by atoms with Crippen molar-refractivity contribution in [2.45, 2.75) is 83.8 Å². The van der Waals surface area contributed by atoms with Gasteiger partial charge in [-0.05, 0) is 82.3 Å². The van der Waals surface area contributed by atoms with Gasteiger partial charge in [0.05, 0.1) is 19.6 Å². The second-order valence-corrected chi connectivity index (χ2v) is 12.3. The summed E-state index contributed by atoms with van der Waals surface area (Å²) in [6, 6.07) is 10.7. The number of hydrogen-bond donors (Lipinski definition) is 0. The second-order valence-electron chi connectivity index (χ2n) is 11.4. The third-order valence-electron chi connectivity index (χ3n) is 6.94. The van der Waals surface area contributed by atoms with E-state index in [4.69, 9.17) is 9.47 Å². The quantitative estimate of drug-likeness (QED) is 0.282. The molecular weight excluding hydrogens is 590 g/mol. The van der Waals surface area contributed by atoms with Crippen molar-refractivity contribution in [3.8, 4) is 0 Å². The number of aromatic nitrogens is 1. The molecule has 1 aromatic carbocycles. The van der Waals surface area contributed by atoms with Gasteiger partial charge in [0.15, 0.2) is 5.78 Å². The first-order chi connectivity index (χ1) is 19.4. The fraction of sp³-hybridized carbons (Fsp3) is 0.516. The highest BCUT2D eigenvalue weighted by atomic mass is 79.9. The maximum absolute atomic E-state index is 13.5. The minimum absolute atomic E-state index is 0.0629. The molecule has 0 bridgehead atoms. The number of Topliss-reactive ketones (excluding diaryl/α,β-unsaturated/α-hetero) is 1. The summed E-state index contributed by atoms with van der Waals surface area (Å²) in [5.41, 5.74) is 1.14. The molecule has 9 nitrogen and oxygen atoms in total. The molecule has 2 atom stereocenters. The standard InChI is InChI=1S/C31H40BrN3O6/c1-21-14-15-33-27(18-21)35(30(39)41-31(2,3)4)17-7-9-28(37)34-16-6-8-25(34)26(36)19-23(20-29(38)40-5)22-10-12-24(32)13-11-22/h10-15,18,23,25H,6-9,16-17,19-20H2,1-5H3/t23-,25-/m0/s1. The van der Waals surface area contributed by atoms with Crippen molar-refractivity contribution in [3.63, 3.8) is 0 Å². The number of nitrogens with zero attached hydrogens (tertiary/aromatic N) is 3. The van der Waals surface area contributed by atoms with Gasteiger partial charge in [0.2, 0.25) is 5.91 Å². The van der Waals surface area contributed by atoms with Crippen molar-refractivity contribution < 1.29 is 28.7 Å². The van der Waals surface area contributed by atoms with E-state index in [1.54, 1.807) is 37.9 Å². The molecular formula is C31H40BrN3O6. The van der Waals surface area contributed by atoms with Crippen molar-refractivity contribution in [1.82, 2.24) is 9.88 Å². The van der Waals surface area contributed by atoms with Gasteiger partial charge in [-0.15, -0.1) is 0 Å². The van der Waals surface area contributed by atoms with Gasteiger partial charge in [-0.2, -0.15) is 0 Å². The molecule has 1 aromatic heterocycles. The van der Waals surface area contributed by atoms with Crippen LogP contribution in [-0.4, -0.2) is 65.5 Å². The van der Waals surface area contributed by atoms with E-state index in [0.29, 0.717) is 25.2 Å². The molecule has 222 valence electrons. The summed E-state index contributed by atoms with van der Waals surface area (Å²) >= 11 is 3.42. The van der Waals surface area contributed by atoms with Crippen LogP contribution in [0.3, 0.4) is 0 Å². The number of rotatable bonds is 11. The number of aryl methyl sites for hydroxylation is 1. The monoisotopic (exact) mass is 629 g/mol. The summed E-state index contributed by atoms with van der Waals surface area (Å²) in [6.45, 7) is 8.06. The van der Waals surface area contributed by atoms with Crippen molar-refractivity contribution >= 4 is 45.5 Å². The number of ketones is 1. The van der Waals surface area contributed by atoms with E-state index in [2.05, 4.69) is 20.9 Å². The predicted octanol–water partition coefficient (Wildman–Crippen LogP) is 5.97. The number of likely N-dealkylation sites (tertiary alicyclic amines) is 1. The maximum atomic E-state index is 13.5. The molecule has 1 saturated heterocycles. The Morgan fingerprint density at radius 2 is 1.83 bits per heavy atom. The van der Waals surface area contributed by atoms with E-state index in [1.807, 2.05) is 37.3 Å². The number of carbonyl (C=O) groups is 4. The zero-order chi connectivity index (χ0) is 30.2. The third kappa shape index (κ3) is 9.66. The summed E-state index contributed by atoms with van der Waals surface area (Å²) < 4.78 is 11.4. The minimum Gasteiger partial charge on any atom is -0.469 e. The Kier molecular flexibility index (Phi) is 11.5. The summed E-state index contributed by atoms with van der Waals surface area (Å²) in [5, 5.41) is 0. The molecule has 2 amide bonds. The number of methoxy groups -OCH3 is 1. The molecule has 1 aliphatic heterocycles. The van der Waals surface area contributed by atoms with Gasteiger partial charge in [-0.1, -0.05) is 28.1 Å². The number of benzene rings is 1. The first kappa shape index (κ1) is 32.2. The molecule has 0 radical (unpaired) electrons. The Balaban J connectivity index is 1.65. The van der Waals surface area contributed by atoms with Gasteiger partial charge in [0.1, 0.15) is 11.4 Å². The van der Waals surface area contributed by atoms with Crippen LogP contribution in [-0.2, 0) is 23.9 Å². The summed E-state index contributed by atoms with van der Waals surface area (Å²) in [5.74, 6) is -0.458. The lowest BCUT2D eigenvalue weighted by atomic mass is 9.88. The zero-order valence-electron chi connectivity index (χ0n) is 24.5. The Hall–Kier alpha value is -3.27. The highest BCUT2D eigenvalue weighted by Crippen LogP contribution is 2.30. The average molecular weight is 631 g/mol. The van der Waals surface area contributed by atoms with Gasteiger partial charge in [-0.3, -0.25) is 19.3 Å². The average Bonchev–Trinajstić information content (AvgIpc) is 3.40. The van der Waals surface area contributed by atoms with E-state index in [9.17, 15) is 19.2 Å². The van der Waals surface area contributed by atoms with Crippen LogP contribution >= 0.6 is 15.9 Å². The van der Waals surface area contributed by atoms with Crippen LogP contribution in [0.5, 0.6) is 0 Å².